The number of aliphatic hydroxyl groups excluding tert-OH is 1. The predicted molar refractivity (Wildman–Crippen MR) is 79.1 cm³/mol. The second-order valence-corrected chi connectivity index (χ2v) is 6.58. The Hall–Kier alpha value is -1.79. The lowest BCUT2D eigenvalue weighted by molar-refractivity contribution is 0.0199. The molecule has 1 amide bonds. The van der Waals surface area contributed by atoms with E-state index in [0.717, 1.165) is 0 Å². The number of anilines is 1. The number of amides is 1. The van der Waals surface area contributed by atoms with E-state index < -0.39 is 23.3 Å². The van der Waals surface area contributed by atoms with Crippen molar-refractivity contribution in [1.29, 1.82) is 0 Å². The maximum Gasteiger partial charge on any atom is 0.412 e. The van der Waals surface area contributed by atoms with Gasteiger partial charge in [0, 0.05) is 22.9 Å². The molecule has 0 atom stereocenters. The zero-order valence-electron chi connectivity index (χ0n) is 12.5. The molecule has 1 aliphatic carbocycles. The predicted octanol–water partition coefficient (Wildman–Crippen LogP) is 2.05. The van der Waals surface area contributed by atoms with Gasteiger partial charge in [-0.15, -0.1) is 0 Å². The molecule has 0 heterocycles. The molecule has 1 fully saturated rings. The highest BCUT2D eigenvalue weighted by Gasteiger charge is 2.43. The Morgan fingerprint density at radius 1 is 1.43 bits per heavy atom. The zero-order chi connectivity index (χ0) is 15.8. The van der Waals surface area contributed by atoms with Gasteiger partial charge in [0.1, 0.15) is 11.4 Å². The summed E-state index contributed by atoms with van der Waals surface area (Å²) >= 11 is 0. The van der Waals surface area contributed by atoms with Crippen LogP contribution in [0.5, 0.6) is 5.75 Å². The number of ether oxygens (including phenoxy) is 1. The largest absolute Gasteiger partial charge is 0.508 e. The van der Waals surface area contributed by atoms with Gasteiger partial charge in [-0.3, -0.25) is 5.32 Å². The van der Waals surface area contributed by atoms with E-state index in [0.29, 0.717) is 24.1 Å². The van der Waals surface area contributed by atoms with E-state index in [-0.39, 0.29) is 5.75 Å². The lowest BCUT2D eigenvalue weighted by atomic mass is 9.70. The average molecular weight is 294 g/mol. The van der Waals surface area contributed by atoms with E-state index in [4.69, 9.17) is 10.5 Å². The number of phenols is 1. The number of phenolic OH excluding ortho intramolecular Hbond substituents is 1. The van der Waals surface area contributed by atoms with Gasteiger partial charge < -0.3 is 20.7 Å². The second kappa shape index (κ2) is 5.20. The minimum Gasteiger partial charge on any atom is -0.508 e. The molecule has 0 saturated heterocycles. The van der Waals surface area contributed by atoms with Crippen LogP contribution in [0.25, 0.3) is 0 Å². The van der Waals surface area contributed by atoms with Gasteiger partial charge in [-0.05, 0) is 39.7 Å². The molecule has 2 rings (SSSR count). The molecule has 6 heteroatoms. The van der Waals surface area contributed by atoms with Crippen LogP contribution in [0.4, 0.5) is 10.5 Å². The fourth-order valence-electron chi connectivity index (χ4n) is 2.45. The van der Waals surface area contributed by atoms with Crippen LogP contribution in [0.2, 0.25) is 0 Å². The van der Waals surface area contributed by atoms with Crippen LogP contribution < -0.4 is 11.1 Å². The zero-order valence-corrected chi connectivity index (χ0v) is 12.5. The van der Waals surface area contributed by atoms with Crippen molar-refractivity contribution in [3.63, 3.8) is 0 Å². The van der Waals surface area contributed by atoms with Crippen molar-refractivity contribution in [2.75, 3.05) is 5.32 Å². The van der Waals surface area contributed by atoms with Gasteiger partial charge in [-0.1, -0.05) is 6.07 Å². The normalized spacial score (nSPS) is 25.1. The molecule has 1 aromatic carbocycles. The number of nitrogens with one attached hydrogen (secondary N) is 1. The van der Waals surface area contributed by atoms with Crippen LogP contribution in [-0.4, -0.2) is 28.0 Å². The van der Waals surface area contributed by atoms with E-state index >= 15 is 0 Å². The maximum atomic E-state index is 11.7. The molecule has 0 unspecified atom stereocenters. The molecule has 21 heavy (non-hydrogen) atoms. The van der Waals surface area contributed by atoms with Crippen LogP contribution in [0.3, 0.4) is 0 Å². The van der Waals surface area contributed by atoms with Crippen molar-refractivity contribution in [3.8, 4) is 5.75 Å². The summed E-state index contributed by atoms with van der Waals surface area (Å²) in [7, 11) is 0. The Bertz CT molecular complexity index is 545. The van der Waals surface area contributed by atoms with Crippen molar-refractivity contribution in [1.82, 2.24) is 0 Å². The van der Waals surface area contributed by atoms with Gasteiger partial charge >= 0.3 is 6.09 Å². The van der Waals surface area contributed by atoms with E-state index in [1.807, 2.05) is 0 Å². The van der Waals surface area contributed by atoms with Gasteiger partial charge in [-0.2, -0.15) is 0 Å². The number of nitrogens with two attached hydrogens (primary N) is 1. The monoisotopic (exact) mass is 294 g/mol. The Kier molecular flexibility index (Phi) is 3.86. The van der Waals surface area contributed by atoms with Gasteiger partial charge in [0.15, 0.2) is 0 Å². The average Bonchev–Trinajstić information content (AvgIpc) is 2.23. The number of hydrogen-bond acceptors (Lipinski definition) is 5. The minimum atomic E-state index is -0.700. The molecule has 116 valence electrons. The molecule has 5 N–H and O–H groups in total. The highest BCUT2D eigenvalue weighted by molar-refractivity contribution is 5.85. The summed E-state index contributed by atoms with van der Waals surface area (Å²) in [6.45, 7) is 5.31. The summed E-state index contributed by atoms with van der Waals surface area (Å²) in [4.78, 5) is 11.7. The van der Waals surface area contributed by atoms with Gasteiger partial charge in [0.05, 0.1) is 6.10 Å². The van der Waals surface area contributed by atoms with E-state index in [1.165, 1.54) is 6.07 Å². The van der Waals surface area contributed by atoms with Crippen molar-refractivity contribution < 1.29 is 19.7 Å². The molecule has 0 spiro atoms. The number of benzene rings is 1. The minimum absolute atomic E-state index is 0.00189. The molecule has 0 aliphatic heterocycles. The first-order valence-corrected chi connectivity index (χ1v) is 6.89. The lowest BCUT2D eigenvalue weighted by Crippen LogP contribution is -2.51. The van der Waals surface area contributed by atoms with Crippen LogP contribution in [0, 0.1) is 0 Å². The molecular weight excluding hydrogens is 272 g/mol. The van der Waals surface area contributed by atoms with Crippen LogP contribution >= 0.6 is 0 Å². The number of aromatic hydroxyl groups is 1. The van der Waals surface area contributed by atoms with E-state index in [9.17, 15) is 15.0 Å². The highest BCUT2D eigenvalue weighted by atomic mass is 16.6. The Morgan fingerprint density at radius 2 is 2.05 bits per heavy atom. The van der Waals surface area contributed by atoms with E-state index in [2.05, 4.69) is 5.32 Å². The quantitative estimate of drug-likeness (QED) is 0.668. The molecule has 6 nitrogen and oxygen atoms in total. The summed E-state index contributed by atoms with van der Waals surface area (Å²) in [5, 5.41) is 22.0. The topological polar surface area (TPSA) is 105 Å². The number of carbonyl (C=O) groups excluding carboxylic acids is 1. The SMILES string of the molecule is CC(C)(C)OC(=O)Nc1ccc(C2(N)CC(O)C2)c(O)c1. The summed E-state index contributed by atoms with van der Waals surface area (Å²) in [5.74, 6) is -0.00189. The molecule has 0 aromatic heterocycles. The number of hydrogen-bond donors (Lipinski definition) is 4. The Labute approximate surface area is 123 Å². The van der Waals surface area contributed by atoms with Crippen molar-refractivity contribution in [3.05, 3.63) is 23.8 Å². The first kappa shape index (κ1) is 15.6. The molecule has 0 radical (unpaired) electrons. The summed E-state index contributed by atoms with van der Waals surface area (Å²) < 4.78 is 5.14. The maximum absolute atomic E-state index is 11.7. The standard InChI is InChI=1S/C15H22N2O4/c1-14(2,3)21-13(20)17-9-4-5-11(12(19)6-9)15(16)7-10(18)8-15/h4-6,10,18-19H,7-8,16H2,1-3H3,(H,17,20). The number of carbonyl (C=O) groups is 1. The molecular formula is C15H22N2O4. The highest BCUT2D eigenvalue weighted by Crippen LogP contribution is 2.43. The lowest BCUT2D eigenvalue weighted by Gasteiger charge is -2.42. The third-order valence-corrected chi connectivity index (χ3v) is 3.38. The third kappa shape index (κ3) is 3.65. The second-order valence-electron chi connectivity index (χ2n) is 6.58. The summed E-state index contributed by atoms with van der Waals surface area (Å²) in [6.07, 6.45) is -0.177. The van der Waals surface area contributed by atoms with Crippen molar-refractivity contribution in [2.45, 2.75) is 50.9 Å². The number of aliphatic hydroxyl groups is 1. The Morgan fingerprint density at radius 3 is 2.52 bits per heavy atom. The van der Waals surface area contributed by atoms with Gasteiger partial charge in [0.25, 0.3) is 0 Å². The van der Waals surface area contributed by atoms with Gasteiger partial charge in [-0.25, -0.2) is 4.79 Å². The number of rotatable bonds is 2. The first-order chi connectivity index (χ1) is 9.59. The van der Waals surface area contributed by atoms with E-state index in [1.54, 1.807) is 32.9 Å². The molecule has 1 aromatic rings. The summed E-state index contributed by atoms with van der Waals surface area (Å²) in [6, 6.07) is 4.74. The molecule has 0 bridgehead atoms. The summed E-state index contributed by atoms with van der Waals surface area (Å²) in [5.41, 5.74) is 5.83. The first-order valence-electron chi connectivity index (χ1n) is 6.89. The van der Waals surface area contributed by atoms with Crippen LogP contribution in [0.15, 0.2) is 18.2 Å². The molecule has 1 aliphatic rings. The van der Waals surface area contributed by atoms with Crippen molar-refractivity contribution in [2.24, 2.45) is 5.73 Å². The van der Waals surface area contributed by atoms with Gasteiger partial charge in [0.2, 0.25) is 0 Å². The fraction of sp³-hybridized carbons (Fsp3) is 0.533. The van der Waals surface area contributed by atoms with Crippen LogP contribution in [-0.2, 0) is 10.3 Å². The fourth-order valence-corrected chi connectivity index (χ4v) is 2.45. The smallest absolute Gasteiger partial charge is 0.412 e. The van der Waals surface area contributed by atoms with Crippen LogP contribution in [0.1, 0.15) is 39.2 Å². The Balaban J connectivity index is 2.08. The third-order valence-electron chi connectivity index (χ3n) is 3.38. The molecule has 1 saturated carbocycles. The van der Waals surface area contributed by atoms with Crippen molar-refractivity contribution >= 4 is 11.8 Å².